The van der Waals surface area contributed by atoms with Gasteiger partial charge in [0.1, 0.15) is 5.76 Å². The highest BCUT2D eigenvalue weighted by molar-refractivity contribution is 6.05. The summed E-state index contributed by atoms with van der Waals surface area (Å²) in [6.45, 7) is 2.78. The van der Waals surface area contributed by atoms with Crippen LogP contribution in [-0.2, 0) is 17.8 Å². The highest BCUT2D eigenvalue weighted by Crippen LogP contribution is 2.53. The molecule has 3 heteroatoms. The van der Waals surface area contributed by atoms with Crippen molar-refractivity contribution in [3.63, 3.8) is 0 Å². The molecule has 3 aromatic rings. The standard InChI is InChI=1S/C31H31NO2/c1-2-20-16-17-22(21-10-4-3-5-11-21)18-23(20)19-32-27-15-9-8-14-26(27)28-24-12-6-7-13-25(24)30(33)29(28)31(32)34/h3-7,10-13,16-18,26-28,33H,2,8-9,14-15,19H2,1H3/t26?,27-,28?/m0/s1. The summed E-state index contributed by atoms with van der Waals surface area (Å²) >= 11 is 0. The normalized spacial score (nSPS) is 23.5. The van der Waals surface area contributed by atoms with Gasteiger partial charge in [0.15, 0.2) is 0 Å². The first-order chi connectivity index (χ1) is 16.7. The Morgan fingerprint density at radius 2 is 1.65 bits per heavy atom. The summed E-state index contributed by atoms with van der Waals surface area (Å²) in [6, 6.07) is 25.4. The minimum Gasteiger partial charge on any atom is -0.507 e. The van der Waals surface area contributed by atoms with E-state index in [-0.39, 0.29) is 23.6 Å². The first-order valence-electron chi connectivity index (χ1n) is 12.7. The third-order valence-electron chi connectivity index (χ3n) is 8.25. The Labute approximate surface area is 201 Å². The molecule has 3 atom stereocenters. The summed E-state index contributed by atoms with van der Waals surface area (Å²) in [4.78, 5) is 16.1. The van der Waals surface area contributed by atoms with Crippen LogP contribution in [-0.4, -0.2) is 22.0 Å². The molecule has 1 heterocycles. The fourth-order valence-corrected chi connectivity index (χ4v) is 6.63. The highest BCUT2D eigenvalue weighted by atomic mass is 16.3. The van der Waals surface area contributed by atoms with Crippen LogP contribution in [0.5, 0.6) is 0 Å². The Balaban J connectivity index is 1.41. The monoisotopic (exact) mass is 449 g/mol. The van der Waals surface area contributed by atoms with Crippen molar-refractivity contribution in [1.29, 1.82) is 0 Å². The molecule has 0 radical (unpaired) electrons. The largest absolute Gasteiger partial charge is 0.507 e. The number of hydrogen-bond donors (Lipinski definition) is 1. The van der Waals surface area contributed by atoms with Gasteiger partial charge in [-0.2, -0.15) is 0 Å². The topological polar surface area (TPSA) is 40.5 Å². The van der Waals surface area contributed by atoms with Crippen molar-refractivity contribution in [2.24, 2.45) is 5.92 Å². The molecule has 2 aliphatic carbocycles. The molecule has 3 aromatic carbocycles. The molecule has 2 unspecified atom stereocenters. The van der Waals surface area contributed by atoms with E-state index >= 15 is 0 Å². The quantitative estimate of drug-likeness (QED) is 0.471. The minimum absolute atomic E-state index is 0.0222. The van der Waals surface area contributed by atoms with E-state index in [2.05, 4.69) is 60.4 Å². The molecule has 34 heavy (non-hydrogen) atoms. The van der Waals surface area contributed by atoms with Crippen LogP contribution in [0, 0.1) is 5.92 Å². The predicted octanol–water partition coefficient (Wildman–Crippen LogP) is 6.88. The van der Waals surface area contributed by atoms with Crippen molar-refractivity contribution >= 4 is 11.7 Å². The number of aliphatic hydroxyl groups is 1. The van der Waals surface area contributed by atoms with Gasteiger partial charge in [-0.1, -0.05) is 86.5 Å². The number of nitrogens with zero attached hydrogens (tertiary/aromatic N) is 1. The van der Waals surface area contributed by atoms with Crippen molar-refractivity contribution in [2.45, 2.75) is 57.5 Å². The number of carbonyl (C=O) groups is 1. The van der Waals surface area contributed by atoms with Crippen LogP contribution in [0.1, 0.15) is 60.8 Å². The van der Waals surface area contributed by atoms with Gasteiger partial charge in [0.25, 0.3) is 5.91 Å². The summed E-state index contributed by atoms with van der Waals surface area (Å²) in [5, 5.41) is 11.1. The number of hydrogen-bond acceptors (Lipinski definition) is 2. The maximum Gasteiger partial charge on any atom is 0.254 e. The van der Waals surface area contributed by atoms with Gasteiger partial charge in [-0.05, 0) is 59.1 Å². The van der Waals surface area contributed by atoms with E-state index in [0.29, 0.717) is 18.0 Å². The number of aryl methyl sites for hydroxylation is 1. The molecular weight excluding hydrogens is 418 g/mol. The third-order valence-corrected chi connectivity index (χ3v) is 8.25. The Bertz CT molecular complexity index is 1280. The highest BCUT2D eigenvalue weighted by Gasteiger charge is 2.51. The molecule has 1 aliphatic heterocycles. The van der Waals surface area contributed by atoms with Crippen LogP contribution in [0.2, 0.25) is 0 Å². The molecule has 0 bridgehead atoms. The van der Waals surface area contributed by atoms with Crippen LogP contribution < -0.4 is 0 Å². The Kier molecular flexibility index (Phi) is 5.28. The third kappa shape index (κ3) is 3.29. The summed E-state index contributed by atoms with van der Waals surface area (Å²) < 4.78 is 0. The molecule has 0 spiro atoms. The second kappa shape index (κ2) is 8.47. The molecular formula is C31H31NO2. The van der Waals surface area contributed by atoms with E-state index in [1.54, 1.807) is 0 Å². The van der Waals surface area contributed by atoms with E-state index < -0.39 is 0 Å². The van der Waals surface area contributed by atoms with Crippen molar-refractivity contribution < 1.29 is 9.90 Å². The average Bonchev–Trinajstić information content (AvgIpc) is 3.20. The van der Waals surface area contributed by atoms with E-state index in [0.717, 1.165) is 36.8 Å². The first-order valence-corrected chi connectivity index (χ1v) is 12.7. The van der Waals surface area contributed by atoms with Gasteiger partial charge in [0.05, 0.1) is 5.57 Å². The molecule has 172 valence electrons. The number of piperidine rings is 1. The molecule has 0 aromatic heterocycles. The van der Waals surface area contributed by atoms with E-state index in [9.17, 15) is 9.90 Å². The lowest BCUT2D eigenvalue weighted by Gasteiger charge is -2.48. The van der Waals surface area contributed by atoms with Crippen LogP contribution >= 0.6 is 0 Å². The smallest absolute Gasteiger partial charge is 0.254 e. The number of carbonyl (C=O) groups excluding carboxylic acids is 1. The van der Waals surface area contributed by atoms with Crippen molar-refractivity contribution in [2.75, 3.05) is 0 Å². The number of likely N-dealkylation sites (tertiary alicyclic amines) is 1. The van der Waals surface area contributed by atoms with Crippen LogP contribution in [0.3, 0.4) is 0 Å². The fourth-order valence-electron chi connectivity index (χ4n) is 6.63. The average molecular weight is 450 g/mol. The molecule has 2 fully saturated rings. The minimum atomic E-state index is 0.0222. The number of fused-ring (bicyclic) bond motifs is 5. The SMILES string of the molecule is CCc1ccc(-c2ccccc2)cc1CN1C(=O)C2=C(O)c3ccccc3C2C2CCCC[C@@H]21. The second-order valence-electron chi connectivity index (χ2n) is 9.98. The fraction of sp³-hybridized carbons (Fsp3) is 0.323. The molecule has 1 amide bonds. The Morgan fingerprint density at radius 1 is 0.882 bits per heavy atom. The summed E-state index contributed by atoms with van der Waals surface area (Å²) in [7, 11) is 0. The van der Waals surface area contributed by atoms with Gasteiger partial charge in [-0.15, -0.1) is 0 Å². The lowest BCUT2D eigenvalue weighted by atomic mass is 9.68. The molecule has 1 saturated carbocycles. The summed E-state index contributed by atoms with van der Waals surface area (Å²) in [5.41, 5.74) is 7.50. The lowest BCUT2D eigenvalue weighted by Crippen LogP contribution is -2.53. The maximum absolute atomic E-state index is 14.0. The van der Waals surface area contributed by atoms with Gasteiger partial charge in [-0.25, -0.2) is 0 Å². The van der Waals surface area contributed by atoms with Gasteiger partial charge in [0.2, 0.25) is 0 Å². The van der Waals surface area contributed by atoms with Crippen LogP contribution in [0.4, 0.5) is 0 Å². The Morgan fingerprint density at radius 3 is 2.47 bits per heavy atom. The molecule has 1 saturated heterocycles. The lowest BCUT2D eigenvalue weighted by molar-refractivity contribution is -0.136. The van der Waals surface area contributed by atoms with E-state index in [1.165, 1.54) is 28.7 Å². The van der Waals surface area contributed by atoms with Crippen molar-refractivity contribution in [3.05, 3.63) is 101 Å². The molecule has 6 rings (SSSR count). The van der Waals surface area contributed by atoms with E-state index in [4.69, 9.17) is 0 Å². The molecule has 3 aliphatic rings. The summed E-state index contributed by atoms with van der Waals surface area (Å²) in [5.74, 6) is 0.628. The molecule has 1 N–H and O–H groups in total. The zero-order chi connectivity index (χ0) is 23.2. The van der Waals surface area contributed by atoms with Crippen LogP contribution in [0.25, 0.3) is 16.9 Å². The number of amides is 1. The number of aliphatic hydroxyl groups excluding tert-OH is 1. The predicted molar refractivity (Wildman–Crippen MR) is 136 cm³/mol. The van der Waals surface area contributed by atoms with Gasteiger partial charge in [0, 0.05) is 24.1 Å². The zero-order valence-corrected chi connectivity index (χ0v) is 19.7. The first kappa shape index (κ1) is 21.2. The maximum atomic E-state index is 14.0. The van der Waals surface area contributed by atoms with Gasteiger partial charge < -0.3 is 10.0 Å². The van der Waals surface area contributed by atoms with Gasteiger partial charge >= 0.3 is 0 Å². The Hall–Kier alpha value is -3.33. The zero-order valence-electron chi connectivity index (χ0n) is 19.7. The second-order valence-corrected chi connectivity index (χ2v) is 9.98. The number of rotatable bonds is 4. The van der Waals surface area contributed by atoms with Gasteiger partial charge in [-0.3, -0.25) is 4.79 Å². The number of benzene rings is 3. The van der Waals surface area contributed by atoms with Crippen molar-refractivity contribution in [1.82, 2.24) is 4.90 Å². The summed E-state index contributed by atoms with van der Waals surface area (Å²) in [6.07, 6.45) is 5.44. The molecule has 3 nitrogen and oxygen atoms in total. The van der Waals surface area contributed by atoms with Crippen molar-refractivity contribution in [3.8, 4) is 11.1 Å². The van der Waals surface area contributed by atoms with E-state index in [1.807, 2.05) is 24.3 Å². The van der Waals surface area contributed by atoms with Crippen LogP contribution in [0.15, 0.2) is 78.4 Å².